The van der Waals surface area contributed by atoms with Crippen molar-refractivity contribution in [2.75, 3.05) is 26.2 Å². The molecule has 1 heterocycles. The van der Waals surface area contributed by atoms with Crippen LogP contribution >= 0.6 is 0 Å². The van der Waals surface area contributed by atoms with Crippen molar-refractivity contribution in [3.05, 3.63) is 95.6 Å². The second kappa shape index (κ2) is 11.8. The Bertz CT molecular complexity index is 1210. The van der Waals surface area contributed by atoms with Gasteiger partial charge in [-0.3, -0.25) is 4.90 Å². The maximum atomic E-state index is 11.8. The highest BCUT2D eigenvalue weighted by molar-refractivity contribution is 5.73. The number of carbonyl (C=O) groups is 1. The second-order valence-electron chi connectivity index (χ2n) is 11.9. The minimum atomic E-state index is -0.977. The van der Waals surface area contributed by atoms with Crippen molar-refractivity contribution in [2.24, 2.45) is 11.8 Å². The average Bonchev–Trinajstić information content (AvgIpc) is 3.37. The van der Waals surface area contributed by atoms with Crippen molar-refractivity contribution in [3.8, 4) is 11.5 Å². The number of ether oxygens (including phenoxy) is 2. The largest absolute Gasteiger partial charge is 0.492 e. The molecule has 6 heteroatoms. The standard InChI is InChI=1S/C33H40N2O4/c1-33(2,3)25-11-15-27(16-12-25)39-30(32(36)37)19-23-9-13-26(14-10-23)38-18-17-34-31-28-21-35(22-29(28)31)20-24-7-5-4-6-8-24/h4-16,28-31,34H,17-22H2,1-3H3,(H,36,37)/t28-,29+,30-,31+/m0/s1. The first-order valence-corrected chi connectivity index (χ1v) is 14.0. The van der Waals surface area contributed by atoms with Crippen molar-refractivity contribution in [1.82, 2.24) is 10.2 Å². The first-order chi connectivity index (χ1) is 18.8. The molecular formula is C33H40N2O4. The molecule has 0 aromatic heterocycles. The Hall–Kier alpha value is -3.35. The lowest BCUT2D eigenvalue weighted by Gasteiger charge is -2.20. The van der Waals surface area contributed by atoms with Crippen LogP contribution in [0.1, 0.15) is 37.5 Å². The van der Waals surface area contributed by atoms with E-state index >= 15 is 0 Å². The lowest BCUT2D eigenvalue weighted by atomic mass is 9.87. The van der Waals surface area contributed by atoms with Gasteiger partial charge in [0.25, 0.3) is 0 Å². The predicted octanol–water partition coefficient (Wildman–Crippen LogP) is 5.16. The van der Waals surface area contributed by atoms with E-state index in [-0.39, 0.29) is 11.8 Å². The third-order valence-corrected chi connectivity index (χ3v) is 7.89. The second-order valence-corrected chi connectivity index (χ2v) is 11.9. The molecule has 3 aromatic rings. The van der Waals surface area contributed by atoms with Gasteiger partial charge in [-0.1, -0.05) is 75.4 Å². The van der Waals surface area contributed by atoms with Gasteiger partial charge in [-0.2, -0.15) is 0 Å². The van der Waals surface area contributed by atoms with Crippen LogP contribution in [0.15, 0.2) is 78.9 Å². The molecule has 4 atom stereocenters. The van der Waals surface area contributed by atoms with Crippen LogP contribution < -0.4 is 14.8 Å². The number of carboxylic acids is 1. The van der Waals surface area contributed by atoms with Gasteiger partial charge in [-0.25, -0.2) is 4.79 Å². The van der Waals surface area contributed by atoms with E-state index < -0.39 is 12.1 Å². The highest BCUT2D eigenvalue weighted by atomic mass is 16.5. The maximum absolute atomic E-state index is 11.8. The van der Waals surface area contributed by atoms with Crippen molar-refractivity contribution >= 4 is 5.97 Å². The summed E-state index contributed by atoms with van der Waals surface area (Å²) >= 11 is 0. The van der Waals surface area contributed by atoms with E-state index in [1.807, 2.05) is 48.5 Å². The summed E-state index contributed by atoms with van der Waals surface area (Å²) in [5.74, 6) is 1.89. The normalized spacial score (nSPS) is 21.3. The van der Waals surface area contributed by atoms with Gasteiger partial charge in [0.2, 0.25) is 0 Å². The molecule has 2 N–H and O–H groups in total. The topological polar surface area (TPSA) is 71.0 Å². The van der Waals surface area contributed by atoms with Gasteiger partial charge in [-0.05, 0) is 58.2 Å². The van der Waals surface area contributed by atoms with Crippen LogP contribution in [0.5, 0.6) is 11.5 Å². The highest BCUT2D eigenvalue weighted by Gasteiger charge is 2.55. The van der Waals surface area contributed by atoms with E-state index in [1.54, 1.807) is 0 Å². The van der Waals surface area contributed by atoms with Gasteiger partial charge < -0.3 is 19.9 Å². The number of hydrogen-bond donors (Lipinski definition) is 2. The maximum Gasteiger partial charge on any atom is 0.345 e. The van der Waals surface area contributed by atoms with E-state index in [1.165, 1.54) is 24.2 Å². The third kappa shape index (κ3) is 7.20. The summed E-state index contributed by atoms with van der Waals surface area (Å²) in [5, 5.41) is 13.4. The molecule has 6 nitrogen and oxygen atoms in total. The van der Waals surface area contributed by atoms with Crippen molar-refractivity contribution < 1.29 is 19.4 Å². The van der Waals surface area contributed by atoms with Crippen LogP contribution in [-0.4, -0.2) is 54.4 Å². The molecule has 1 saturated heterocycles. The molecule has 206 valence electrons. The molecule has 0 amide bonds. The minimum absolute atomic E-state index is 0.0339. The highest BCUT2D eigenvalue weighted by Crippen LogP contribution is 2.45. The van der Waals surface area contributed by atoms with Crippen LogP contribution in [0.3, 0.4) is 0 Å². The number of hydrogen-bond acceptors (Lipinski definition) is 5. The van der Waals surface area contributed by atoms with Crippen LogP contribution in [-0.2, 0) is 23.2 Å². The van der Waals surface area contributed by atoms with E-state index in [9.17, 15) is 9.90 Å². The number of piperidine rings is 1. The molecule has 1 saturated carbocycles. The number of aliphatic carboxylic acids is 1. The minimum Gasteiger partial charge on any atom is -0.492 e. The van der Waals surface area contributed by atoms with Gasteiger partial charge in [0.05, 0.1) is 0 Å². The fourth-order valence-electron chi connectivity index (χ4n) is 5.59. The van der Waals surface area contributed by atoms with Gasteiger partial charge >= 0.3 is 5.97 Å². The molecule has 39 heavy (non-hydrogen) atoms. The number of likely N-dealkylation sites (tertiary alicyclic amines) is 1. The summed E-state index contributed by atoms with van der Waals surface area (Å²) in [6.07, 6.45) is -0.674. The smallest absolute Gasteiger partial charge is 0.345 e. The Balaban J connectivity index is 1.01. The van der Waals surface area contributed by atoms with Gasteiger partial charge in [-0.15, -0.1) is 0 Å². The van der Waals surface area contributed by atoms with Gasteiger partial charge in [0, 0.05) is 38.6 Å². The van der Waals surface area contributed by atoms with Crippen molar-refractivity contribution in [3.63, 3.8) is 0 Å². The molecule has 0 unspecified atom stereocenters. The molecule has 5 rings (SSSR count). The lowest BCUT2D eigenvalue weighted by Crippen LogP contribution is -2.33. The molecule has 1 aliphatic heterocycles. The zero-order chi connectivity index (χ0) is 27.4. The Morgan fingerprint density at radius 1 is 0.923 bits per heavy atom. The Kier molecular flexibility index (Phi) is 8.24. The molecule has 2 aliphatic rings. The Morgan fingerprint density at radius 2 is 1.56 bits per heavy atom. The Labute approximate surface area is 232 Å². The zero-order valence-corrected chi connectivity index (χ0v) is 23.2. The summed E-state index contributed by atoms with van der Waals surface area (Å²) in [5.41, 5.74) is 3.49. The van der Waals surface area contributed by atoms with Gasteiger partial charge in [0.1, 0.15) is 18.1 Å². The number of fused-ring (bicyclic) bond motifs is 1. The van der Waals surface area contributed by atoms with Crippen LogP contribution in [0.25, 0.3) is 0 Å². The number of carboxylic acid groups (broad SMARTS) is 1. The molecule has 1 aliphatic carbocycles. The van der Waals surface area contributed by atoms with Crippen molar-refractivity contribution in [1.29, 1.82) is 0 Å². The molecule has 0 spiro atoms. The molecule has 0 bridgehead atoms. The number of nitrogens with one attached hydrogen (secondary N) is 1. The first-order valence-electron chi connectivity index (χ1n) is 14.0. The van der Waals surface area contributed by atoms with Crippen LogP contribution in [0.2, 0.25) is 0 Å². The fourth-order valence-corrected chi connectivity index (χ4v) is 5.59. The van der Waals surface area contributed by atoms with E-state index in [0.29, 0.717) is 18.4 Å². The summed E-state index contributed by atoms with van der Waals surface area (Å²) in [6, 6.07) is 26.6. The zero-order valence-electron chi connectivity index (χ0n) is 23.2. The fraction of sp³-hybridized carbons (Fsp3) is 0.424. The van der Waals surface area contributed by atoms with E-state index in [0.717, 1.165) is 36.2 Å². The monoisotopic (exact) mass is 528 g/mol. The van der Waals surface area contributed by atoms with E-state index in [4.69, 9.17) is 9.47 Å². The summed E-state index contributed by atoms with van der Waals surface area (Å²) in [7, 11) is 0. The first kappa shape index (κ1) is 27.2. The number of benzene rings is 3. The molecule has 3 aromatic carbocycles. The van der Waals surface area contributed by atoms with Crippen molar-refractivity contribution in [2.45, 2.75) is 51.3 Å². The Morgan fingerprint density at radius 3 is 2.18 bits per heavy atom. The number of nitrogens with zero attached hydrogens (tertiary/aromatic N) is 1. The van der Waals surface area contributed by atoms with Crippen LogP contribution in [0, 0.1) is 11.8 Å². The quantitative estimate of drug-likeness (QED) is 0.317. The van der Waals surface area contributed by atoms with E-state index in [2.05, 4.69) is 61.3 Å². The number of rotatable bonds is 12. The predicted molar refractivity (Wildman–Crippen MR) is 153 cm³/mol. The SMILES string of the molecule is CC(C)(C)c1ccc(O[C@@H](Cc2ccc(OCCN[C@H]3[C@@H]4CN(Cc5ccccc5)C[C@@H]43)cc2)C(=O)O)cc1. The summed E-state index contributed by atoms with van der Waals surface area (Å²) < 4.78 is 11.7. The molecule has 2 fully saturated rings. The van der Waals surface area contributed by atoms with Crippen LogP contribution in [0.4, 0.5) is 0 Å². The summed E-state index contributed by atoms with van der Waals surface area (Å²) in [6.45, 7) is 11.2. The average molecular weight is 529 g/mol. The third-order valence-electron chi connectivity index (χ3n) is 7.89. The molecular weight excluding hydrogens is 488 g/mol. The van der Waals surface area contributed by atoms with Gasteiger partial charge in [0.15, 0.2) is 6.10 Å². The molecule has 0 radical (unpaired) electrons. The summed E-state index contributed by atoms with van der Waals surface area (Å²) in [4.78, 5) is 14.4. The lowest BCUT2D eigenvalue weighted by molar-refractivity contribution is -0.145.